The highest BCUT2D eigenvalue weighted by atomic mass is 127. The molecule has 0 atom stereocenters. The molecule has 2 N–H and O–H groups in total. The fourth-order valence-electron chi connectivity index (χ4n) is 1.28. The van der Waals surface area contributed by atoms with E-state index in [1.807, 2.05) is 38.1 Å². The van der Waals surface area contributed by atoms with Gasteiger partial charge in [0.15, 0.2) is 12.4 Å². The Morgan fingerprint density at radius 3 is 2.72 bits per heavy atom. The van der Waals surface area contributed by atoms with Crippen LogP contribution in [0.3, 0.4) is 0 Å². The summed E-state index contributed by atoms with van der Waals surface area (Å²) < 4.78 is 11.7. The number of benzene rings is 1. The molecule has 1 heterocycles. The van der Waals surface area contributed by atoms with Crippen molar-refractivity contribution in [3.8, 4) is 5.75 Å². The molecule has 0 spiro atoms. The molecule has 0 fully saturated rings. The van der Waals surface area contributed by atoms with Crippen molar-refractivity contribution in [1.82, 2.24) is 10.1 Å². The summed E-state index contributed by atoms with van der Waals surface area (Å²) >= 11 is 2.21. The Labute approximate surface area is 119 Å². The lowest BCUT2D eigenvalue weighted by atomic mass is 10.1. The summed E-state index contributed by atoms with van der Waals surface area (Å²) in [5.74, 6) is 1.69. The van der Waals surface area contributed by atoms with Gasteiger partial charge in [0.25, 0.3) is 5.89 Å². The van der Waals surface area contributed by atoms with Gasteiger partial charge in [-0.1, -0.05) is 17.3 Å². The Kier molecular flexibility index (Phi) is 3.86. The van der Waals surface area contributed by atoms with Gasteiger partial charge < -0.3 is 15.0 Å². The Bertz CT molecular complexity index is 534. The van der Waals surface area contributed by atoms with Crippen LogP contribution >= 0.6 is 22.6 Å². The summed E-state index contributed by atoms with van der Waals surface area (Å²) in [7, 11) is 0. The number of nitrogens with two attached hydrogens (primary N) is 1. The molecule has 0 bridgehead atoms. The van der Waals surface area contributed by atoms with Crippen LogP contribution in [0.4, 0.5) is 0 Å². The van der Waals surface area contributed by atoms with E-state index in [-0.39, 0.29) is 6.61 Å². The van der Waals surface area contributed by atoms with E-state index in [1.54, 1.807) is 0 Å². The fraction of sp³-hybridized carbons (Fsp3) is 0.333. The van der Waals surface area contributed by atoms with Crippen molar-refractivity contribution in [3.05, 3.63) is 39.6 Å². The Balaban J connectivity index is 2.03. The molecule has 0 unspecified atom stereocenters. The Hall–Kier alpha value is -1.15. The first-order valence-corrected chi connectivity index (χ1v) is 6.54. The zero-order valence-corrected chi connectivity index (χ0v) is 12.3. The van der Waals surface area contributed by atoms with Crippen molar-refractivity contribution in [3.63, 3.8) is 0 Å². The third-order valence-electron chi connectivity index (χ3n) is 2.23. The highest BCUT2D eigenvalue weighted by Crippen LogP contribution is 2.21. The molecule has 0 saturated heterocycles. The zero-order valence-electron chi connectivity index (χ0n) is 10.2. The zero-order chi connectivity index (χ0) is 13.2. The maximum absolute atomic E-state index is 5.87. The van der Waals surface area contributed by atoms with Gasteiger partial charge in [-0.05, 0) is 48.6 Å². The van der Waals surface area contributed by atoms with Crippen LogP contribution in [0.1, 0.15) is 25.6 Å². The molecule has 0 radical (unpaired) electrons. The summed E-state index contributed by atoms with van der Waals surface area (Å²) in [6, 6.07) is 7.74. The van der Waals surface area contributed by atoms with Crippen molar-refractivity contribution < 1.29 is 9.26 Å². The van der Waals surface area contributed by atoms with Gasteiger partial charge >= 0.3 is 0 Å². The molecule has 6 heteroatoms. The van der Waals surface area contributed by atoms with Crippen molar-refractivity contribution in [2.45, 2.75) is 26.0 Å². The molecule has 18 heavy (non-hydrogen) atoms. The predicted molar refractivity (Wildman–Crippen MR) is 75.0 cm³/mol. The molecular formula is C12H14IN3O2. The van der Waals surface area contributed by atoms with Gasteiger partial charge in [0, 0.05) is 0 Å². The summed E-state index contributed by atoms with van der Waals surface area (Å²) in [6.45, 7) is 3.88. The van der Waals surface area contributed by atoms with Crippen LogP contribution < -0.4 is 10.5 Å². The number of hydrogen-bond donors (Lipinski definition) is 1. The molecule has 0 aliphatic carbocycles. The molecule has 5 nitrogen and oxygen atoms in total. The first kappa shape index (κ1) is 13.3. The maximum atomic E-state index is 5.87. The second-order valence-electron chi connectivity index (χ2n) is 4.45. The second kappa shape index (κ2) is 5.23. The first-order chi connectivity index (χ1) is 8.47. The number of rotatable bonds is 4. The molecule has 0 amide bonds. The van der Waals surface area contributed by atoms with Crippen molar-refractivity contribution in [2.75, 3.05) is 0 Å². The Morgan fingerprint density at radius 2 is 2.11 bits per heavy atom. The predicted octanol–water partition coefficient (Wildman–Crippen LogP) is 2.45. The van der Waals surface area contributed by atoms with Gasteiger partial charge in [-0.15, -0.1) is 0 Å². The van der Waals surface area contributed by atoms with Gasteiger partial charge in [-0.3, -0.25) is 0 Å². The average Bonchev–Trinajstić information content (AvgIpc) is 2.76. The largest absolute Gasteiger partial charge is 0.483 e. The molecule has 1 aromatic carbocycles. The minimum absolute atomic E-state index is 0.239. The fourth-order valence-corrected chi connectivity index (χ4v) is 1.82. The standard InChI is InChI=1S/C12H14IN3O2/c1-12(2,14)11-15-10(18-16-11)7-17-9-6-4-3-5-8(9)13/h3-6H,7,14H2,1-2H3. The van der Waals surface area contributed by atoms with Gasteiger partial charge in [0.2, 0.25) is 0 Å². The number of para-hydroxylation sites is 1. The number of aromatic nitrogens is 2. The highest BCUT2D eigenvalue weighted by molar-refractivity contribution is 14.1. The molecule has 0 aliphatic heterocycles. The number of hydrogen-bond acceptors (Lipinski definition) is 5. The van der Waals surface area contributed by atoms with Crippen molar-refractivity contribution in [2.24, 2.45) is 5.73 Å². The van der Waals surface area contributed by atoms with Gasteiger partial charge in [-0.25, -0.2) is 0 Å². The number of nitrogens with zero attached hydrogens (tertiary/aromatic N) is 2. The summed E-state index contributed by atoms with van der Waals surface area (Å²) in [6.07, 6.45) is 0. The maximum Gasteiger partial charge on any atom is 0.264 e. The summed E-state index contributed by atoms with van der Waals surface area (Å²) in [5.41, 5.74) is 5.27. The quantitative estimate of drug-likeness (QED) is 0.849. The van der Waals surface area contributed by atoms with E-state index >= 15 is 0 Å². The lowest BCUT2D eigenvalue weighted by Crippen LogP contribution is -2.30. The van der Waals surface area contributed by atoms with Gasteiger partial charge in [0.05, 0.1) is 9.11 Å². The lowest BCUT2D eigenvalue weighted by molar-refractivity contribution is 0.240. The third-order valence-corrected chi connectivity index (χ3v) is 3.12. The molecule has 2 rings (SSSR count). The van der Waals surface area contributed by atoms with Crippen LogP contribution in [0.2, 0.25) is 0 Å². The van der Waals surface area contributed by atoms with Crippen molar-refractivity contribution >= 4 is 22.6 Å². The SMILES string of the molecule is CC(C)(N)c1noc(COc2ccccc2I)n1. The molecular weight excluding hydrogens is 345 g/mol. The summed E-state index contributed by atoms with van der Waals surface area (Å²) in [5, 5.41) is 3.83. The average molecular weight is 359 g/mol. The minimum Gasteiger partial charge on any atom is -0.483 e. The van der Waals surface area contributed by atoms with Crippen LogP contribution in [0.5, 0.6) is 5.75 Å². The van der Waals surface area contributed by atoms with E-state index in [0.29, 0.717) is 11.7 Å². The lowest BCUT2D eigenvalue weighted by Gasteiger charge is -2.11. The van der Waals surface area contributed by atoms with Crippen LogP contribution in [0.15, 0.2) is 28.8 Å². The first-order valence-electron chi connectivity index (χ1n) is 5.46. The second-order valence-corrected chi connectivity index (χ2v) is 5.61. The number of halogens is 1. The van der Waals surface area contributed by atoms with Gasteiger partial charge in [0.1, 0.15) is 5.75 Å². The van der Waals surface area contributed by atoms with E-state index in [1.165, 1.54) is 0 Å². The monoisotopic (exact) mass is 359 g/mol. The Morgan fingerprint density at radius 1 is 1.39 bits per heavy atom. The van der Waals surface area contributed by atoms with E-state index in [4.69, 9.17) is 15.0 Å². The molecule has 0 aliphatic rings. The van der Waals surface area contributed by atoms with E-state index < -0.39 is 5.54 Å². The molecule has 2 aromatic rings. The van der Waals surface area contributed by atoms with Crippen molar-refractivity contribution in [1.29, 1.82) is 0 Å². The van der Waals surface area contributed by atoms with Crippen LogP contribution in [-0.2, 0) is 12.1 Å². The minimum atomic E-state index is -0.608. The van der Waals surface area contributed by atoms with Crippen LogP contribution in [0, 0.1) is 3.57 Å². The molecule has 1 aromatic heterocycles. The normalized spacial score (nSPS) is 11.6. The summed E-state index contributed by atoms with van der Waals surface area (Å²) in [4.78, 5) is 4.20. The molecule has 96 valence electrons. The van der Waals surface area contributed by atoms with Crippen LogP contribution in [-0.4, -0.2) is 10.1 Å². The highest BCUT2D eigenvalue weighted by Gasteiger charge is 2.21. The van der Waals surface area contributed by atoms with Gasteiger partial charge in [-0.2, -0.15) is 4.98 Å². The van der Waals surface area contributed by atoms with E-state index in [0.717, 1.165) is 9.32 Å². The van der Waals surface area contributed by atoms with E-state index in [9.17, 15) is 0 Å². The molecule has 0 saturated carbocycles. The smallest absolute Gasteiger partial charge is 0.264 e. The number of ether oxygens (including phenoxy) is 1. The van der Waals surface area contributed by atoms with E-state index in [2.05, 4.69) is 32.7 Å². The topological polar surface area (TPSA) is 74.2 Å². The van der Waals surface area contributed by atoms with Crippen LogP contribution in [0.25, 0.3) is 0 Å². The third kappa shape index (κ3) is 3.20.